The van der Waals surface area contributed by atoms with Gasteiger partial charge >= 0.3 is 0 Å². The number of rotatable bonds is 9. The van der Waals surface area contributed by atoms with Crippen LogP contribution in [0.3, 0.4) is 0 Å². The van der Waals surface area contributed by atoms with Crippen molar-refractivity contribution in [3.05, 3.63) is 82.6 Å². The van der Waals surface area contributed by atoms with Gasteiger partial charge in [-0.2, -0.15) is 5.10 Å². The van der Waals surface area contributed by atoms with Crippen molar-refractivity contribution in [2.24, 2.45) is 0 Å². The third-order valence-corrected chi connectivity index (χ3v) is 5.93. The molecule has 184 valence electrons. The Hall–Kier alpha value is -4.40. The second-order valence-electron chi connectivity index (χ2n) is 8.59. The molecule has 2 heterocycles. The van der Waals surface area contributed by atoms with Gasteiger partial charge in [0.05, 0.1) is 14.2 Å². The number of allylic oxidation sites excluding steroid dienone is 1. The standard InChI is InChI=1S/C27H26FN5O3/c1-16-8-18-5-7-23(27(28)22(18)9-16)36-26-14-24(29-15-30-26)31-25-12-19(32-33-25)6-4-17-10-20(34-2)13-21(11-17)35-3/h5,7,9-15H,4,6,8H2,1-3H3,(H2,29,30,31,32,33). The van der Waals surface area contributed by atoms with Crippen molar-refractivity contribution in [3.63, 3.8) is 0 Å². The van der Waals surface area contributed by atoms with Crippen LogP contribution in [0, 0.1) is 5.82 Å². The Morgan fingerprint density at radius 1 is 0.972 bits per heavy atom. The van der Waals surface area contributed by atoms with Crippen LogP contribution in [0.5, 0.6) is 23.1 Å². The number of halogens is 1. The lowest BCUT2D eigenvalue weighted by Gasteiger charge is -2.09. The van der Waals surface area contributed by atoms with Crippen LogP contribution in [0.15, 0.2) is 54.4 Å². The van der Waals surface area contributed by atoms with Crippen molar-refractivity contribution >= 4 is 17.7 Å². The molecule has 36 heavy (non-hydrogen) atoms. The molecule has 0 bridgehead atoms. The molecule has 2 aromatic heterocycles. The van der Waals surface area contributed by atoms with Gasteiger partial charge in [-0.15, -0.1) is 0 Å². The number of hydrogen-bond donors (Lipinski definition) is 2. The molecule has 1 aliphatic rings. The van der Waals surface area contributed by atoms with Crippen molar-refractivity contribution in [1.82, 2.24) is 20.2 Å². The van der Waals surface area contributed by atoms with Gasteiger partial charge in [-0.25, -0.2) is 14.4 Å². The quantitative estimate of drug-likeness (QED) is 0.316. The fourth-order valence-electron chi connectivity index (χ4n) is 4.15. The number of anilines is 2. The third kappa shape index (κ3) is 5.14. The lowest BCUT2D eigenvalue weighted by Crippen LogP contribution is -1.98. The highest BCUT2D eigenvalue weighted by atomic mass is 19.1. The fraction of sp³-hybridized carbons (Fsp3) is 0.222. The van der Waals surface area contributed by atoms with E-state index in [4.69, 9.17) is 14.2 Å². The molecule has 0 fully saturated rings. The number of aromatic amines is 1. The summed E-state index contributed by atoms with van der Waals surface area (Å²) in [5.74, 6) is 2.56. The molecule has 0 spiro atoms. The van der Waals surface area contributed by atoms with E-state index in [1.165, 1.54) is 6.33 Å². The van der Waals surface area contributed by atoms with Gasteiger partial charge in [0, 0.05) is 29.5 Å². The molecule has 2 aromatic carbocycles. The monoisotopic (exact) mass is 487 g/mol. The number of benzene rings is 2. The first-order valence-corrected chi connectivity index (χ1v) is 11.5. The number of fused-ring (bicyclic) bond motifs is 1. The van der Waals surface area contributed by atoms with E-state index in [1.54, 1.807) is 26.4 Å². The molecule has 0 radical (unpaired) electrons. The Kier molecular flexibility index (Phi) is 6.53. The van der Waals surface area contributed by atoms with Gasteiger partial charge in [-0.3, -0.25) is 5.10 Å². The molecule has 4 aromatic rings. The summed E-state index contributed by atoms with van der Waals surface area (Å²) in [6.07, 6.45) is 5.49. The zero-order valence-corrected chi connectivity index (χ0v) is 20.3. The Bertz CT molecular complexity index is 1410. The van der Waals surface area contributed by atoms with Crippen LogP contribution in [0.1, 0.15) is 29.3 Å². The van der Waals surface area contributed by atoms with Gasteiger partial charge in [-0.1, -0.05) is 17.7 Å². The van der Waals surface area contributed by atoms with Gasteiger partial charge in [-0.05, 0) is 55.5 Å². The first-order chi connectivity index (χ1) is 17.5. The predicted octanol–water partition coefficient (Wildman–Crippen LogP) is 5.64. The summed E-state index contributed by atoms with van der Waals surface area (Å²) in [7, 11) is 3.27. The Morgan fingerprint density at radius 3 is 2.56 bits per heavy atom. The number of nitrogens with one attached hydrogen (secondary N) is 2. The van der Waals surface area contributed by atoms with E-state index in [-0.39, 0.29) is 17.4 Å². The highest BCUT2D eigenvalue weighted by Gasteiger charge is 2.18. The Balaban J connectivity index is 1.23. The highest BCUT2D eigenvalue weighted by Crippen LogP contribution is 2.34. The Labute approximate surface area is 208 Å². The van der Waals surface area contributed by atoms with Gasteiger partial charge in [0.1, 0.15) is 23.6 Å². The van der Waals surface area contributed by atoms with Gasteiger partial charge in [0.15, 0.2) is 17.4 Å². The minimum absolute atomic E-state index is 0.126. The molecule has 5 rings (SSSR count). The van der Waals surface area contributed by atoms with E-state index in [1.807, 2.05) is 43.3 Å². The molecule has 2 N–H and O–H groups in total. The van der Waals surface area contributed by atoms with Crippen LogP contribution in [0.4, 0.5) is 16.0 Å². The van der Waals surface area contributed by atoms with Crippen LogP contribution in [0.2, 0.25) is 0 Å². The first kappa shape index (κ1) is 23.3. The summed E-state index contributed by atoms with van der Waals surface area (Å²) >= 11 is 0. The van der Waals surface area contributed by atoms with Crippen molar-refractivity contribution in [2.75, 3.05) is 19.5 Å². The maximum absolute atomic E-state index is 14.9. The van der Waals surface area contributed by atoms with E-state index in [0.29, 0.717) is 17.2 Å². The minimum Gasteiger partial charge on any atom is -0.497 e. The molecule has 1 aliphatic carbocycles. The number of aromatic nitrogens is 4. The summed E-state index contributed by atoms with van der Waals surface area (Å²) < 4.78 is 31.3. The topological polar surface area (TPSA) is 94.2 Å². The normalized spacial score (nSPS) is 12.2. The molecule has 0 saturated carbocycles. The molecule has 0 amide bonds. The average molecular weight is 488 g/mol. The molecular weight excluding hydrogens is 461 g/mol. The number of aryl methyl sites for hydroxylation is 2. The molecule has 0 aliphatic heterocycles. The molecule has 0 atom stereocenters. The molecule has 9 heteroatoms. The van der Waals surface area contributed by atoms with Crippen LogP contribution < -0.4 is 19.5 Å². The predicted molar refractivity (Wildman–Crippen MR) is 135 cm³/mol. The van der Waals surface area contributed by atoms with Crippen molar-refractivity contribution in [2.45, 2.75) is 26.2 Å². The second kappa shape index (κ2) is 10.1. The summed E-state index contributed by atoms with van der Waals surface area (Å²) in [4.78, 5) is 8.34. The van der Waals surface area contributed by atoms with E-state index in [0.717, 1.165) is 53.2 Å². The zero-order valence-electron chi connectivity index (χ0n) is 20.3. The number of hydrogen-bond acceptors (Lipinski definition) is 7. The summed E-state index contributed by atoms with van der Waals surface area (Å²) in [5, 5.41) is 10.5. The molecule has 0 saturated heterocycles. The number of H-pyrrole nitrogens is 1. The summed E-state index contributed by atoms with van der Waals surface area (Å²) in [5.41, 5.74) is 4.71. The SMILES string of the molecule is COc1cc(CCc2cc(Nc3cc(Oc4ccc5c(c4F)C=C(C)C5)ncn3)n[nH]2)cc(OC)c1. The van der Waals surface area contributed by atoms with E-state index in [9.17, 15) is 4.39 Å². The highest BCUT2D eigenvalue weighted by molar-refractivity contribution is 5.66. The molecular formula is C27H26FN5O3. The smallest absolute Gasteiger partial charge is 0.224 e. The van der Waals surface area contributed by atoms with Crippen molar-refractivity contribution < 1.29 is 18.6 Å². The van der Waals surface area contributed by atoms with Crippen LogP contribution in [-0.4, -0.2) is 34.4 Å². The van der Waals surface area contributed by atoms with Crippen LogP contribution >= 0.6 is 0 Å². The fourth-order valence-corrected chi connectivity index (χ4v) is 4.15. The summed E-state index contributed by atoms with van der Waals surface area (Å²) in [6.45, 7) is 1.98. The maximum Gasteiger partial charge on any atom is 0.224 e. The van der Waals surface area contributed by atoms with E-state index < -0.39 is 0 Å². The largest absolute Gasteiger partial charge is 0.497 e. The van der Waals surface area contributed by atoms with Crippen LogP contribution in [-0.2, 0) is 19.3 Å². The second-order valence-corrected chi connectivity index (χ2v) is 8.59. The first-order valence-electron chi connectivity index (χ1n) is 11.5. The van der Waals surface area contributed by atoms with Gasteiger partial charge < -0.3 is 19.5 Å². The average Bonchev–Trinajstić information content (AvgIpc) is 3.50. The summed E-state index contributed by atoms with van der Waals surface area (Å²) in [6, 6.07) is 12.9. The number of nitrogens with zero attached hydrogens (tertiary/aromatic N) is 3. The Morgan fingerprint density at radius 2 is 1.78 bits per heavy atom. The molecule has 8 nitrogen and oxygen atoms in total. The van der Waals surface area contributed by atoms with Crippen molar-refractivity contribution in [3.8, 4) is 23.1 Å². The number of methoxy groups -OCH3 is 2. The van der Waals surface area contributed by atoms with E-state index in [2.05, 4.69) is 25.5 Å². The van der Waals surface area contributed by atoms with Gasteiger partial charge in [0.25, 0.3) is 0 Å². The lowest BCUT2D eigenvalue weighted by molar-refractivity contribution is 0.393. The molecule has 0 unspecified atom stereocenters. The number of ether oxygens (including phenoxy) is 3. The van der Waals surface area contributed by atoms with Crippen LogP contribution in [0.25, 0.3) is 6.08 Å². The van der Waals surface area contributed by atoms with Gasteiger partial charge in [0.2, 0.25) is 5.88 Å². The lowest BCUT2D eigenvalue weighted by atomic mass is 10.1. The van der Waals surface area contributed by atoms with Crippen molar-refractivity contribution in [1.29, 1.82) is 0 Å². The third-order valence-electron chi connectivity index (χ3n) is 5.93. The minimum atomic E-state index is -0.386. The zero-order chi connectivity index (χ0) is 25.1. The maximum atomic E-state index is 14.9. The van der Waals surface area contributed by atoms with E-state index >= 15 is 0 Å².